The summed E-state index contributed by atoms with van der Waals surface area (Å²) < 4.78 is 2.04. The number of aliphatic hydroxyl groups excluding tert-OH is 1. The average molecular weight is 368 g/mol. The Labute approximate surface area is 150 Å². The van der Waals surface area contributed by atoms with E-state index in [0.717, 1.165) is 27.7 Å². The molecule has 0 amide bonds. The molecule has 0 fully saturated rings. The van der Waals surface area contributed by atoms with Crippen molar-refractivity contribution in [2.45, 2.75) is 13.2 Å². The van der Waals surface area contributed by atoms with Crippen molar-refractivity contribution in [2.75, 3.05) is 0 Å². The summed E-state index contributed by atoms with van der Waals surface area (Å²) in [5.41, 5.74) is 3.90. The fourth-order valence-corrected chi connectivity index (χ4v) is 3.49. The Morgan fingerprint density at radius 1 is 1.13 bits per heavy atom. The summed E-state index contributed by atoms with van der Waals surface area (Å²) in [6, 6.07) is 12.3. The van der Waals surface area contributed by atoms with Gasteiger partial charge in [0.15, 0.2) is 0 Å². The van der Waals surface area contributed by atoms with E-state index in [1.807, 2.05) is 29.0 Å². The van der Waals surface area contributed by atoms with E-state index in [2.05, 4.69) is 28.6 Å². The van der Waals surface area contributed by atoms with Gasteiger partial charge in [-0.25, -0.2) is 4.98 Å². The molecule has 0 unspecified atom stereocenters. The van der Waals surface area contributed by atoms with Crippen LogP contribution >= 0.6 is 36.2 Å². The molecule has 1 N–H and O–H groups in total. The van der Waals surface area contributed by atoms with Gasteiger partial charge in [0.25, 0.3) is 0 Å². The second-order valence-corrected chi connectivity index (χ2v) is 5.76. The fourth-order valence-electron chi connectivity index (χ4n) is 2.58. The van der Waals surface area contributed by atoms with Gasteiger partial charge in [-0.1, -0.05) is 30.3 Å². The summed E-state index contributed by atoms with van der Waals surface area (Å²) in [7, 11) is 0. The maximum atomic E-state index is 9.28. The SMILES string of the molecule is Cl.Cl.OCc1cn2c(n1)CN=C(c1ccccc1)c1sccc1-2. The van der Waals surface area contributed by atoms with Crippen LogP contribution in [-0.2, 0) is 13.2 Å². The third-order valence-electron chi connectivity index (χ3n) is 3.54. The zero-order valence-corrected chi connectivity index (χ0v) is 14.5. The summed E-state index contributed by atoms with van der Waals surface area (Å²) >= 11 is 1.68. The fraction of sp³-hybridized carbons (Fsp3) is 0.125. The van der Waals surface area contributed by atoms with E-state index in [9.17, 15) is 5.11 Å². The van der Waals surface area contributed by atoms with E-state index in [-0.39, 0.29) is 31.4 Å². The molecule has 4 nitrogen and oxygen atoms in total. The van der Waals surface area contributed by atoms with E-state index in [1.165, 1.54) is 0 Å². The van der Waals surface area contributed by atoms with Crippen LogP contribution in [0.4, 0.5) is 0 Å². The molecule has 0 saturated heterocycles. The van der Waals surface area contributed by atoms with Crippen LogP contribution in [0.1, 0.15) is 22.0 Å². The zero-order valence-electron chi connectivity index (χ0n) is 12.0. The van der Waals surface area contributed by atoms with Gasteiger partial charge in [-0.05, 0) is 11.4 Å². The molecule has 0 spiro atoms. The Balaban J connectivity index is 0.000000960. The van der Waals surface area contributed by atoms with Crippen molar-refractivity contribution < 1.29 is 5.11 Å². The van der Waals surface area contributed by atoms with Crippen LogP contribution in [0.15, 0.2) is 53.0 Å². The molecule has 0 saturated carbocycles. The predicted molar refractivity (Wildman–Crippen MR) is 97.6 cm³/mol. The number of hydrogen-bond acceptors (Lipinski definition) is 4. The van der Waals surface area contributed by atoms with Gasteiger partial charge in [-0.15, -0.1) is 36.2 Å². The molecular formula is C16H15Cl2N3OS. The minimum atomic E-state index is -0.0469. The molecule has 0 bridgehead atoms. The van der Waals surface area contributed by atoms with Gasteiger partial charge in [0.1, 0.15) is 5.82 Å². The Kier molecular flexibility index (Phi) is 5.59. The first kappa shape index (κ1) is 17.7. The number of aliphatic imine (C=N–C) groups is 1. The summed E-state index contributed by atoms with van der Waals surface area (Å²) in [6.45, 7) is 0.473. The molecule has 2 aromatic heterocycles. The van der Waals surface area contributed by atoms with Crippen LogP contribution in [0.25, 0.3) is 5.69 Å². The number of thiophene rings is 1. The first-order valence-electron chi connectivity index (χ1n) is 6.73. The van der Waals surface area contributed by atoms with Gasteiger partial charge in [-0.2, -0.15) is 0 Å². The predicted octanol–water partition coefficient (Wildman–Crippen LogP) is 3.62. The summed E-state index contributed by atoms with van der Waals surface area (Å²) in [6.07, 6.45) is 1.89. The smallest absolute Gasteiger partial charge is 0.135 e. The number of rotatable bonds is 2. The van der Waals surface area contributed by atoms with Crippen LogP contribution < -0.4 is 0 Å². The number of benzene rings is 1. The molecule has 0 aliphatic carbocycles. The van der Waals surface area contributed by atoms with E-state index in [0.29, 0.717) is 12.2 Å². The maximum Gasteiger partial charge on any atom is 0.135 e. The molecule has 3 heterocycles. The second kappa shape index (κ2) is 7.27. The Bertz CT molecular complexity index is 827. The summed E-state index contributed by atoms with van der Waals surface area (Å²) in [5.74, 6) is 0.865. The standard InChI is InChI=1S/C16H13N3OS.2ClH/c20-10-12-9-19-13-6-7-21-16(13)15(17-8-14(19)18-12)11-4-2-1-3-5-11;;/h1-7,9,20H,8,10H2;2*1H. The lowest BCUT2D eigenvalue weighted by Crippen LogP contribution is -2.03. The number of imidazole rings is 1. The molecule has 0 atom stereocenters. The van der Waals surface area contributed by atoms with Crippen molar-refractivity contribution in [3.05, 3.63) is 69.9 Å². The molecule has 7 heteroatoms. The molecule has 1 aliphatic heterocycles. The first-order chi connectivity index (χ1) is 10.4. The quantitative estimate of drug-likeness (QED) is 0.751. The van der Waals surface area contributed by atoms with E-state index in [1.54, 1.807) is 11.3 Å². The molecule has 4 rings (SSSR count). The molecular weight excluding hydrogens is 353 g/mol. The van der Waals surface area contributed by atoms with Crippen LogP contribution in [0.5, 0.6) is 0 Å². The summed E-state index contributed by atoms with van der Waals surface area (Å²) in [5, 5.41) is 11.3. The van der Waals surface area contributed by atoms with Crippen molar-refractivity contribution in [3.8, 4) is 5.69 Å². The monoisotopic (exact) mass is 367 g/mol. The minimum absolute atomic E-state index is 0. The average Bonchev–Trinajstić information content (AvgIpc) is 3.13. The topological polar surface area (TPSA) is 50.4 Å². The van der Waals surface area contributed by atoms with Gasteiger partial charge in [-0.3, -0.25) is 4.99 Å². The molecule has 0 radical (unpaired) electrons. The van der Waals surface area contributed by atoms with Gasteiger partial charge in [0.05, 0.1) is 35.1 Å². The van der Waals surface area contributed by atoms with Crippen molar-refractivity contribution in [2.24, 2.45) is 4.99 Å². The van der Waals surface area contributed by atoms with Gasteiger partial charge in [0, 0.05) is 11.8 Å². The van der Waals surface area contributed by atoms with Crippen molar-refractivity contribution in [3.63, 3.8) is 0 Å². The highest BCUT2D eigenvalue weighted by Gasteiger charge is 2.21. The third kappa shape index (κ3) is 3.05. The van der Waals surface area contributed by atoms with Crippen LogP contribution in [0.2, 0.25) is 0 Å². The highest BCUT2D eigenvalue weighted by atomic mass is 35.5. The molecule has 1 aliphatic rings. The highest BCUT2D eigenvalue weighted by Crippen LogP contribution is 2.29. The number of fused-ring (bicyclic) bond motifs is 3. The van der Waals surface area contributed by atoms with Crippen molar-refractivity contribution >= 4 is 41.9 Å². The summed E-state index contributed by atoms with van der Waals surface area (Å²) in [4.78, 5) is 10.3. The molecule has 3 aromatic rings. The Morgan fingerprint density at radius 2 is 1.91 bits per heavy atom. The second-order valence-electron chi connectivity index (χ2n) is 4.84. The van der Waals surface area contributed by atoms with Gasteiger partial charge >= 0.3 is 0 Å². The lowest BCUT2D eigenvalue weighted by molar-refractivity contribution is 0.277. The lowest BCUT2D eigenvalue weighted by Gasteiger charge is -2.06. The van der Waals surface area contributed by atoms with Gasteiger partial charge in [0.2, 0.25) is 0 Å². The lowest BCUT2D eigenvalue weighted by atomic mass is 10.1. The maximum absolute atomic E-state index is 9.28. The highest BCUT2D eigenvalue weighted by molar-refractivity contribution is 7.12. The van der Waals surface area contributed by atoms with E-state index >= 15 is 0 Å². The molecule has 23 heavy (non-hydrogen) atoms. The van der Waals surface area contributed by atoms with E-state index in [4.69, 9.17) is 4.99 Å². The van der Waals surface area contributed by atoms with Crippen molar-refractivity contribution in [1.29, 1.82) is 0 Å². The number of halogens is 2. The minimum Gasteiger partial charge on any atom is -0.390 e. The van der Waals surface area contributed by atoms with Gasteiger partial charge < -0.3 is 9.67 Å². The molecule has 1 aromatic carbocycles. The van der Waals surface area contributed by atoms with E-state index < -0.39 is 0 Å². The van der Waals surface area contributed by atoms with Crippen LogP contribution in [-0.4, -0.2) is 20.4 Å². The Morgan fingerprint density at radius 3 is 2.65 bits per heavy atom. The third-order valence-corrected chi connectivity index (χ3v) is 4.45. The number of aliphatic hydroxyl groups is 1. The van der Waals surface area contributed by atoms with Crippen LogP contribution in [0, 0.1) is 0 Å². The zero-order chi connectivity index (χ0) is 14.2. The number of aromatic nitrogens is 2. The number of hydrogen-bond donors (Lipinski definition) is 1. The normalized spacial score (nSPS) is 12.1. The molecule has 120 valence electrons. The largest absolute Gasteiger partial charge is 0.390 e. The van der Waals surface area contributed by atoms with Crippen molar-refractivity contribution in [1.82, 2.24) is 9.55 Å². The Hall–Kier alpha value is -1.66. The first-order valence-corrected chi connectivity index (χ1v) is 7.61. The van der Waals surface area contributed by atoms with Crippen LogP contribution in [0.3, 0.4) is 0 Å². The number of nitrogens with zero attached hydrogens (tertiary/aromatic N) is 3.